The average Bonchev–Trinajstić information content (AvgIpc) is 2.81. The predicted octanol–water partition coefficient (Wildman–Crippen LogP) is 2.81. The number of ether oxygens (including phenoxy) is 3. The summed E-state index contributed by atoms with van der Waals surface area (Å²) in [5.74, 6) is -0.874. The van der Waals surface area contributed by atoms with Crippen LogP contribution in [0.5, 0.6) is 5.75 Å². The largest absolute Gasteiger partial charge is 0.522 e. The fourth-order valence-corrected chi connectivity index (χ4v) is 6.07. The van der Waals surface area contributed by atoms with Crippen LogP contribution >= 0.6 is 11.6 Å². The van der Waals surface area contributed by atoms with Gasteiger partial charge < -0.3 is 25.2 Å². The minimum Gasteiger partial charge on any atom is -0.479 e. The smallest absolute Gasteiger partial charge is 0.479 e. The highest BCUT2D eigenvalue weighted by molar-refractivity contribution is 6.31. The van der Waals surface area contributed by atoms with Crippen LogP contribution in [0.2, 0.25) is 5.02 Å². The van der Waals surface area contributed by atoms with Gasteiger partial charge in [0.1, 0.15) is 12.4 Å². The first-order valence-electron chi connectivity index (χ1n) is 12.5. The van der Waals surface area contributed by atoms with Crippen molar-refractivity contribution in [1.29, 1.82) is 0 Å². The van der Waals surface area contributed by atoms with Gasteiger partial charge >= 0.3 is 6.36 Å². The molecule has 4 fully saturated rings. The molecule has 0 unspecified atom stereocenters. The van der Waals surface area contributed by atoms with E-state index < -0.39 is 53.7 Å². The van der Waals surface area contributed by atoms with E-state index in [9.17, 15) is 32.7 Å². The van der Waals surface area contributed by atoms with Crippen LogP contribution in [0.3, 0.4) is 0 Å². The van der Waals surface area contributed by atoms with E-state index in [-0.39, 0.29) is 43.8 Å². The summed E-state index contributed by atoms with van der Waals surface area (Å²) in [4.78, 5) is 38.1. The number of rotatable bonds is 7. The van der Waals surface area contributed by atoms with Gasteiger partial charge in [-0.05, 0) is 50.3 Å². The summed E-state index contributed by atoms with van der Waals surface area (Å²) in [5, 5.41) is 17.2. The molecule has 0 spiro atoms. The number of hydrogen-bond donors (Lipinski definition) is 3. The van der Waals surface area contributed by atoms with E-state index in [1.54, 1.807) is 12.1 Å². The minimum atomic E-state index is -4.69. The zero-order valence-corrected chi connectivity index (χ0v) is 21.1. The van der Waals surface area contributed by atoms with Gasteiger partial charge in [0.25, 0.3) is 5.91 Å². The van der Waals surface area contributed by atoms with Gasteiger partial charge in [-0.3, -0.25) is 19.1 Å². The van der Waals surface area contributed by atoms with Crippen LogP contribution in [0.25, 0.3) is 0 Å². The van der Waals surface area contributed by atoms with Crippen molar-refractivity contribution in [3.8, 4) is 5.75 Å². The fourth-order valence-electron chi connectivity index (χ4n) is 5.89. The molecule has 208 valence electrons. The average molecular weight is 561 g/mol. The van der Waals surface area contributed by atoms with Crippen molar-refractivity contribution in [3.63, 3.8) is 0 Å². The van der Waals surface area contributed by atoms with E-state index in [1.165, 1.54) is 6.07 Å². The number of hydrogen-bond acceptors (Lipinski definition) is 7. The van der Waals surface area contributed by atoms with Crippen molar-refractivity contribution in [2.45, 2.75) is 93.2 Å². The van der Waals surface area contributed by atoms with Crippen LogP contribution in [0.1, 0.15) is 61.7 Å². The maximum absolute atomic E-state index is 13.1. The van der Waals surface area contributed by atoms with Crippen LogP contribution in [0.4, 0.5) is 13.2 Å². The lowest BCUT2D eigenvalue weighted by atomic mass is 9.59. The van der Waals surface area contributed by atoms with Crippen molar-refractivity contribution in [3.05, 3.63) is 28.8 Å². The number of Topliss-reactive ketones (excluding diaryl/α,β-unsaturated/α-hetero) is 1. The number of benzene rings is 1. The summed E-state index contributed by atoms with van der Waals surface area (Å²) in [5.41, 5.74) is -1.23. The zero-order chi connectivity index (χ0) is 27.3. The monoisotopic (exact) mass is 560 g/mol. The molecule has 38 heavy (non-hydrogen) atoms. The van der Waals surface area contributed by atoms with Crippen LogP contribution in [-0.2, 0) is 19.1 Å². The number of carbonyl (C=O) groups excluding carboxylic acids is 3. The number of alkyl halides is 3. The lowest BCUT2D eigenvalue weighted by Crippen LogP contribution is -2.71. The number of aliphatic hydroxyl groups is 1. The number of fused-ring (bicyclic) bond motifs is 4. The quantitative estimate of drug-likeness (QED) is 0.468. The normalized spacial score (nSPS) is 34.1. The third-order valence-electron chi connectivity index (χ3n) is 8.07. The van der Waals surface area contributed by atoms with Gasteiger partial charge in [-0.2, -0.15) is 0 Å². The summed E-state index contributed by atoms with van der Waals surface area (Å²) in [7, 11) is 0. The molecule has 2 amide bonds. The number of nitrogens with one attached hydrogen (secondary N) is 2. The van der Waals surface area contributed by atoms with Gasteiger partial charge in [-0.1, -0.05) is 11.6 Å². The molecule has 1 aromatic carbocycles. The second-order valence-electron chi connectivity index (χ2n) is 10.7. The topological polar surface area (TPSA) is 123 Å². The predicted molar refractivity (Wildman–Crippen MR) is 126 cm³/mol. The van der Waals surface area contributed by atoms with Gasteiger partial charge in [-0.25, -0.2) is 0 Å². The Kier molecular flexibility index (Phi) is 7.12. The molecule has 4 saturated carbocycles. The van der Waals surface area contributed by atoms with Crippen molar-refractivity contribution in [2.24, 2.45) is 0 Å². The second-order valence-corrected chi connectivity index (χ2v) is 11.1. The molecule has 3 N–H and O–H groups in total. The van der Waals surface area contributed by atoms with Crippen LogP contribution < -0.4 is 15.4 Å². The van der Waals surface area contributed by atoms with E-state index in [0.717, 1.165) is 0 Å². The molecule has 0 aromatic heterocycles. The fraction of sp³-hybridized carbons (Fsp3) is 0.640. The first kappa shape index (κ1) is 27.2. The summed E-state index contributed by atoms with van der Waals surface area (Å²) in [6, 6.07) is 4.62. The molecule has 0 saturated heterocycles. The molecule has 4 aliphatic carbocycles. The van der Waals surface area contributed by atoms with E-state index >= 15 is 0 Å². The Hall–Kier alpha value is -2.41. The Morgan fingerprint density at radius 3 is 2.50 bits per heavy atom. The molecule has 6 rings (SSSR count). The molecule has 1 aliphatic heterocycles. The maximum Gasteiger partial charge on any atom is 0.522 e. The van der Waals surface area contributed by atoms with E-state index in [2.05, 4.69) is 15.4 Å². The number of carbonyl (C=O) groups is 3. The standard InChI is InChI=1S/C25H28ClF3N2O7/c26-13-1-2-18-16(7-13)17(32)10-19(37-18)22(35)31-24-5-3-23(4-6-24,11-20(24)33)30-21(34)12-36-14-8-15(9-14)38-25(27,28)29/h1-2,7,14-15,19-20,33H,3-6,8-12H2,(H,30,34)(H,31,35)/t14?,15?,19-,20+,23?,24?/m1/s1. The summed E-state index contributed by atoms with van der Waals surface area (Å²) < 4.78 is 51.7. The highest BCUT2D eigenvalue weighted by atomic mass is 35.5. The lowest BCUT2D eigenvalue weighted by molar-refractivity contribution is -0.357. The second kappa shape index (κ2) is 9.96. The van der Waals surface area contributed by atoms with Crippen molar-refractivity contribution in [1.82, 2.24) is 10.6 Å². The van der Waals surface area contributed by atoms with Crippen LogP contribution in [-0.4, -0.2) is 71.2 Å². The molecule has 1 aromatic rings. The first-order valence-corrected chi connectivity index (χ1v) is 12.9. The minimum absolute atomic E-state index is 0.0640. The molecular weight excluding hydrogens is 533 g/mol. The van der Waals surface area contributed by atoms with Gasteiger partial charge in [-0.15, -0.1) is 13.2 Å². The molecule has 1 heterocycles. The summed E-state index contributed by atoms with van der Waals surface area (Å²) in [6.07, 6.45) is -6.06. The first-order chi connectivity index (χ1) is 17.9. The highest BCUT2D eigenvalue weighted by Crippen LogP contribution is 2.47. The summed E-state index contributed by atoms with van der Waals surface area (Å²) in [6.45, 7) is -0.303. The molecular formula is C25H28ClF3N2O7. The SMILES string of the molecule is O=C(COC1CC(OC(F)(F)F)C1)NC12CCC(NC(=O)[C@H]3CC(=O)c4cc(Cl)ccc4O3)(CC1)[C@@H](O)C2. The third kappa shape index (κ3) is 5.63. The van der Waals surface area contributed by atoms with Crippen molar-refractivity contribution >= 4 is 29.2 Å². The zero-order valence-electron chi connectivity index (χ0n) is 20.3. The molecule has 2 atom stereocenters. The Balaban J connectivity index is 1.11. The third-order valence-corrected chi connectivity index (χ3v) is 8.31. The molecule has 5 aliphatic rings. The van der Waals surface area contributed by atoms with Gasteiger partial charge in [0, 0.05) is 23.4 Å². The Morgan fingerprint density at radius 2 is 1.84 bits per heavy atom. The van der Waals surface area contributed by atoms with Crippen molar-refractivity contribution in [2.75, 3.05) is 6.61 Å². The van der Waals surface area contributed by atoms with E-state index in [1.807, 2.05) is 0 Å². The van der Waals surface area contributed by atoms with E-state index in [0.29, 0.717) is 36.3 Å². The Morgan fingerprint density at radius 1 is 1.13 bits per heavy atom. The molecule has 13 heteroatoms. The van der Waals surface area contributed by atoms with Crippen molar-refractivity contribution < 1.29 is 46.9 Å². The highest BCUT2D eigenvalue weighted by Gasteiger charge is 2.56. The Bertz CT molecular complexity index is 1120. The number of aliphatic hydroxyl groups excluding tert-OH is 1. The molecule has 2 bridgehead atoms. The molecule has 0 radical (unpaired) electrons. The number of ketones is 1. The number of halogens is 4. The summed E-state index contributed by atoms with van der Waals surface area (Å²) >= 11 is 5.95. The van der Waals surface area contributed by atoms with Gasteiger partial charge in [0.15, 0.2) is 11.9 Å². The number of amides is 2. The lowest BCUT2D eigenvalue weighted by Gasteiger charge is -2.56. The van der Waals surface area contributed by atoms with E-state index in [4.69, 9.17) is 21.1 Å². The van der Waals surface area contributed by atoms with Crippen LogP contribution in [0.15, 0.2) is 18.2 Å². The van der Waals surface area contributed by atoms with Gasteiger partial charge in [0.2, 0.25) is 5.91 Å². The molecule has 9 nitrogen and oxygen atoms in total. The Labute approximate surface area is 221 Å². The van der Waals surface area contributed by atoms with Gasteiger partial charge in [0.05, 0.1) is 35.8 Å². The van der Waals surface area contributed by atoms with Crippen LogP contribution in [0, 0.1) is 0 Å². The maximum atomic E-state index is 13.1.